The Morgan fingerprint density at radius 2 is 1.87 bits per heavy atom. The van der Waals surface area contributed by atoms with Crippen LogP contribution >= 0.6 is 11.6 Å². The van der Waals surface area contributed by atoms with Crippen LogP contribution < -0.4 is 15.0 Å². The second-order valence-corrected chi connectivity index (χ2v) is 8.21. The van der Waals surface area contributed by atoms with E-state index in [9.17, 15) is 9.90 Å². The van der Waals surface area contributed by atoms with E-state index in [1.807, 2.05) is 12.1 Å². The summed E-state index contributed by atoms with van der Waals surface area (Å²) < 4.78 is 14.6. The standard InChI is InChI=1S/C23H22ClN3O4/c1-30-22-10-17(8-9-21(22)31-13-20(28)14-2-3-14)26-12-19-18(23(26)29)11-27(25-19)16-6-4-15(24)5-7-16/h4-12,14,20,25,28H,2-3,13H2,1H3/t20-/m0/s1. The van der Waals surface area contributed by atoms with Crippen molar-refractivity contribution in [2.45, 2.75) is 18.9 Å². The number of nitrogens with one attached hydrogen (secondary N) is 1. The summed E-state index contributed by atoms with van der Waals surface area (Å²) in [6.07, 6.45) is 5.16. The highest BCUT2D eigenvalue weighted by Crippen LogP contribution is 2.34. The molecule has 0 amide bonds. The third-order valence-corrected chi connectivity index (χ3v) is 5.85. The van der Waals surface area contributed by atoms with Crippen LogP contribution in [0.25, 0.3) is 22.6 Å². The summed E-state index contributed by atoms with van der Waals surface area (Å²) >= 11 is 5.95. The highest BCUT2D eigenvalue weighted by Gasteiger charge is 2.30. The van der Waals surface area contributed by atoms with Crippen molar-refractivity contribution in [2.75, 3.05) is 13.7 Å². The Bertz CT molecular complexity index is 1240. The molecule has 8 heteroatoms. The summed E-state index contributed by atoms with van der Waals surface area (Å²) in [4.78, 5) is 13.0. The van der Waals surface area contributed by atoms with E-state index in [0.717, 1.165) is 18.5 Å². The van der Waals surface area contributed by atoms with Crippen molar-refractivity contribution in [2.24, 2.45) is 5.92 Å². The van der Waals surface area contributed by atoms with Crippen molar-refractivity contribution in [3.63, 3.8) is 0 Å². The van der Waals surface area contributed by atoms with E-state index < -0.39 is 6.10 Å². The molecule has 2 heterocycles. The molecule has 3 aliphatic rings. The van der Waals surface area contributed by atoms with Gasteiger partial charge in [0, 0.05) is 23.5 Å². The summed E-state index contributed by atoms with van der Waals surface area (Å²) in [5, 5.41) is 13.9. The second kappa shape index (κ2) is 7.83. The first-order valence-electron chi connectivity index (χ1n) is 10.1. The van der Waals surface area contributed by atoms with Gasteiger partial charge in [-0.2, -0.15) is 0 Å². The topological polar surface area (TPSA) is 81.4 Å². The molecule has 1 aliphatic carbocycles. The minimum atomic E-state index is -0.463. The monoisotopic (exact) mass is 439 g/mol. The number of nitrogens with zero attached hydrogens (tertiary/aromatic N) is 2. The van der Waals surface area contributed by atoms with E-state index in [4.69, 9.17) is 21.1 Å². The van der Waals surface area contributed by atoms with E-state index >= 15 is 0 Å². The van der Waals surface area contributed by atoms with Gasteiger partial charge in [0.15, 0.2) is 11.5 Å². The maximum atomic E-state index is 13.0. The zero-order valence-electron chi connectivity index (χ0n) is 16.9. The molecule has 2 N–H and O–H groups in total. The molecule has 0 unspecified atom stereocenters. The SMILES string of the molecule is COc1cc(-n2cc3[nH]n(-c4ccc(Cl)cc4)cc-3c2=O)ccc1OC[C@H](O)C1CC1. The molecule has 31 heavy (non-hydrogen) atoms. The summed E-state index contributed by atoms with van der Waals surface area (Å²) in [6.45, 7) is 0.227. The van der Waals surface area contributed by atoms with Crippen LogP contribution in [0.4, 0.5) is 0 Å². The lowest BCUT2D eigenvalue weighted by atomic mass is 10.2. The van der Waals surface area contributed by atoms with Gasteiger partial charge >= 0.3 is 0 Å². The minimum Gasteiger partial charge on any atom is -0.493 e. The Labute approximate surface area is 183 Å². The van der Waals surface area contributed by atoms with Crippen LogP contribution in [-0.2, 0) is 0 Å². The van der Waals surface area contributed by atoms with Gasteiger partial charge in [-0.3, -0.25) is 19.1 Å². The zero-order chi connectivity index (χ0) is 21.5. The summed E-state index contributed by atoms with van der Waals surface area (Å²) in [5.41, 5.74) is 2.69. The normalized spacial score (nSPS) is 14.7. The van der Waals surface area contributed by atoms with E-state index in [0.29, 0.717) is 39.4 Å². The van der Waals surface area contributed by atoms with E-state index in [-0.39, 0.29) is 12.2 Å². The predicted molar refractivity (Wildman–Crippen MR) is 118 cm³/mol. The van der Waals surface area contributed by atoms with Crippen molar-refractivity contribution < 1.29 is 14.6 Å². The van der Waals surface area contributed by atoms with Gasteiger partial charge in [0.25, 0.3) is 5.56 Å². The van der Waals surface area contributed by atoms with Crippen LogP contribution in [0.5, 0.6) is 11.5 Å². The molecule has 0 saturated heterocycles. The van der Waals surface area contributed by atoms with Gasteiger partial charge < -0.3 is 14.6 Å². The number of H-pyrrole nitrogens is 1. The summed E-state index contributed by atoms with van der Waals surface area (Å²) in [7, 11) is 1.55. The smallest absolute Gasteiger partial charge is 0.266 e. The molecule has 160 valence electrons. The molecular weight excluding hydrogens is 418 g/mol. The zero-order valence-corrected chi connectivity index (χ0v) is 17.7. The first-order chi connectivity index (χ1) is 15.0. The average Bonchev–Trinajstić information content (AvgIpc) is 3.48. The molecule has 0 aromatic heterocycles. The molecular formula is C23H22ClN3O4. The lowest BCUT2D eigenvalue weighted by molar-refractivity contribution is 0.0880. The van der Waals surface area contributed by atoms with Crippen molar-refractivity contribution in [3.05, 3.63) is 70.2 Å². The molecule has 2 aromatic rings. The van der Waals surface area contributed by atoms with Crippen molar-refractivity contribution in [3.8, 4) is 34.1 Å². The van der Waals surface area contributed by atoms with Gasteiger partial charge in [-0.05, 0) is 55.2 Å². The number of aliphatic hydroxyl groups excluding tert-OH is 1. The number of aromatic amines is 1. The van der Waals surface area contributed by atoms with Crippen LogP contribution in [0.3, 0.4) is 0 Å². The molecule has 1 atom stereocenters. The quantitative estimate of drug-likeness (QED) is 0.458. The number of halogens is 1. The molecule has 0 radical (unpaired) electrons. The number of ether oxygens (including phenoxy) is 2. The third kappa shape index (κ3) is 3.82. The number of hydrogen-bond acceptors (Lipinski definition) is 4. The highest BCUT2D eigenvalue weighted by atomic mass is 35.5. The number of methoxy groups -OCH3 is 1. The van der Waals surface area contributed by atoms with Crippen molar-refractivity contribution in [1.82, 2.24) is 14.3 Å². The number of aromatic nitrogens is 3. The van der Waals surface area contributed by atoms with E-state index in [1.54, 1.807) is 59.1 Å². The van der Waals surface area contributed by atoms with Gasteiger partial charge in [0.1, 0.15) is 6.61 Å². The number of fused-ring (bicyclic) bond motifs is 1. The lowest BCUT2D eigenvalue weighted by Crippen LogP contribution is -2.19. The molecule has 0 spiro atoms. The van der Waals surface area contributed by atoms with Crippen LogP contribution in [-0.4, -0.2) is 39.3 Å². The number of benzene rings is 2. The fraction of sp³-hybridized carbons (Fsp3) is 0.261. The maximum absolute atomic E-state index is 13.0. The van der Waals surface area contributed by atoms with Crippen LogP contribution in [0.1, 0.15) is 12.8 Å². The predicted octanol–water partition coefficient (Wildman–Crippen LogP) is 3.87. The third-order valence-electron chi connectivity index (χ3n) is 5.60. The Hall–Kier alpha value is -3.16. The number of rotatable bonds is 7. The van der Waals surface area contributed by atoms with E-state index in [1.165, 1.54) is 0 Å². The summed E-state index contributed by atoms with van der Waals surface area (Å²) in [6, 6.07) is 12.7. The number of aliphatic hydroxyl groups is 1. The fourth-order valence-corrected chi connectivity index (χ4v) is 3.78. The minimum absolute atomic E-state index is 0.140. The molecule has 5 rings (SSSR count). The Balaban J connectivity index is 1.42. The van der Waals surface area contributed by atoms with Gasteiger partial charge in [-0.1, -0.05) is 11.6 Å². The Kier molecular flexibility index (Phi) is 5.00. The summed E-state index contributed by atoms with van der Waals surface area (Å²) in [5.74, 6) is 1.39. The average molecular weight is 440 g/mol. The molecule has 7 nitrogen and oxygen atoms in total. The molecule has 1 fully saturated rings. The van der Waals surface area contributed by atoms with Crippen molar-refractivity contribution in [1.29, 1.82) is 0 Å². The Morgan fingerprint density at radius 3 is 2.55 bits per heavy atom. The molecule has 2 aliphatic heterocycles. The largest absolute Gasteiger partial charge is 0.493 e. The molecule has 1 saturated carbocycles. The highest BCUT2D eigenvalue weighted by molar-refractivity contribution is 6.30. The first-order valence-corrected chi connectivity index (χ1v) is 10.5. The van der Waals surface area contributed by atoms with Crippen molar-refractivity contribution >= 4 is 11.6 Å². The fourth-order valence-electron chi connectivity index (χ4n) is 3.66. The van der Waals surface area contributed by atoms with Crippen LogP contribution in [0.15, 0.2) is 59.7 Å². The lowest BCUT2D eigenvalue weighted by Gasteiger charge is -2.15. The second-order valence-electron chi connectivity index (χ2n) is 7.77. The van der Waals surface area contributed by atoms with E-state index in [2.05, 4.69) is 5.10 Å². The molecule has 0 bridgehead atoms. The van der Waals surface area contributed by atoms with Gasteiger partial charge in [-0.15, -0.1) is 0 Å². The number of hydrogen-bond donors (Lipinski definition) is 2. The van der Waals surface area contributed by atoms with Gasteiger partial charge in [0.2, 0.25) is 0 Å². The first kappa shape index (κ1) is 19.8. The molecule has 2 aromatic carbocycles. The van der Waals surface area contributed by atoms with Gasteiger partial charge in [-0.25, -0.2) is 0 Å². The maximum Gasteiger partial charge on any atom is 0.266 e. The van der Waals surface area contributed by atoms with Gasteiger partial charge in [0.05, 0.1) is 35.8 Å². The van der Waals surface area contributed by atoms with Crippen LogP contribution in [0, 0.1) is 5.92 Å². The Morgan fingerprint density at radius 1 is 1.13 bits per heavy atom. The van der Waals surface area contributed by atoms with Crippen LogP contribution in [0.2, 0.25) is 5.02 Å².